The van der Waals surface area contributed by atoms with Crippen LogP contribution >= 0.6 is 12.3 Å². The molecule has 1 saturated carbocycles. The fraction of sp³-hybridized carbons (Fsp3) is 1.00. The molecule has 0 bridgehead atoms. The molecule has 0 heterocycles. The van der Waals surface area contributed by atoms with Crippen LogP contribution in [0.15, 0.2) is 0 Å². The van der Waals surface area contributed by atoms with E-state index >= 15 is 0 Å². The summed E-state index contributed by atoms with van der Waals surface area (Å²) in [4.78, 5) is 0. The molecular formula is C13H26O9S. The summed E-state index contributed by atoms with van der Waals surface area (Å²) < 4.78 is 9.00. The lowest BCUT2D eigenvalue weighted by molar-refractivity contribution is -0.434. The van der Waals surface area contributed by atoms with Gasteiger partial charge in [0, 0.05) is 12.5 Å². The first-order valence-corrected chi connectivity index (χ1v) is 8.01. The van der Waals surface area contributed by atoms with Gasteiger partial charge in [-0.3, -0.25) is 4.18 Å². The van der Waals surface area contributed by atoms with Gasteiger partial charge < -0.3 is 25.5 Å². The van der Waals surface area contributed by atoms with Gasteiger partial charge in [0.2, 0.25) is 0 Å². The largest absolute Gasteiger partial charge is 0.396 e. The van der Waals surface area contributed by atoms with Gasteiger partial charge in [-0.05, 0) is 24.2 Å². The van der Waals surface area contributed by atoms with E-state index in [1.807, 2.05) is 13.8 Å². The lowest BCUT2D eigenvalue weighted by atomic mass is 9.69. The number of hydrogen-bond donors (Lipinski definition) is 6. The number of hydrogen-bond acceptors (Lipinski definition) is 10. The Morgan fingerprint density at radius 3 is 2.43 bits per heavy atom. The smallest absolute Gasteiger partial charge is 0.198 e. The topological polar surface area (TPSA) is 149 Å². The molecule has 0 aliphatic heterocycles. The van der Waals surface area contributed by atoms with Crippen molar-refractivity contribution in [3.63, 3.8) is 0 Å². The molecular weight excluding hydrogens is 332 g/mol. The van der Waals surface area contributed by atoms with Crippen molar-refractivity contribution in [3.8, 4) is 0 Å². The van der Waals surface area contributed by atoms with Gasteiger partial charge >= 0.3 is 0 Å². The van der Waals surface area contributed by atoms with Crippen LogP contribution in [0.4, 0.5) is 0 Å². The molecule has 6 atom stereocenters. The van der Waals surface area contributed by atoms with Crippen LogP contribution in [0.5, 0.6) is 0 Å². The van der Waals surface area contributed by atoms with Crippen molar-refractivity contribution in [1.29, 1.82) is 0 Å². The van der Waals surface area contributed by atoms with Crippen LogP contribution < -0.4 is 0 Å². The second-order valence-electron chi connectivity index (χ2n) is 6.53. The maximum absolute atomic E-state index is 10.3. The number of aliphatic hydroxyl groups excluding tert-OH is 5. The van der Waals surface area contributed by atoms with E-state index in [0.717, 1.165) is 0 Å². The van der Waals surface area contributed by atoms with Crippen LogP contribution in [-0.2, 0) is 13.6 Å². The van der Waals surface area contributed by atoms with Crippen LogP contribution in [0.1, 0.15) is 26.7 Å². The van der Waals surface area contributed by atoms with Crippen LogP contribution in [0, 0.1) is 17.3 Å². The molecule has 0 aromatic rings. The minimum atomic E-state index is -1.07. The average Bonchev–Trinajstić information content (AvgIpc) is 2.79. The third-order valence-corrected chi connectivity index (χ3v) is 5.07. The van der Waals surface area contributed by atoms with E-state index in [2.05, 4.69) is 9.37 Å². The van der Waals surface area contributed by atoms with E-state index < -0.39 is 42.4 Å². The van der Waals surface area contributed by atoms with Gasteiger partial charge in [-0.25, -0.2) is 5.26 Å². The molecule has 6 N–H and O–H groups in total. The van der Waals surface area contributed by atoms with Gasteiger partial charge in [0.15, 0.2) is 12.3 Å². The molecule has 0 radical (unpaired) electrons. The summed E-state index contributed by atoms with van der Waals surface area (Å²) in [6.45, 7) is 2.95. The molecule has 0 aromatic heterocycles. The van der Waals surface area contributed by atoms with Crippen molar-refractivity contribution in [1.82, 2.24) is 0 Å². The van der Waals surface area contributed by atoms with E-state index in [4.69, 9.17) is 9.44 Å². The minimum Gasteiger partial charge on any atom is -0.396 e. The lowest BCUT2D eigenvalue weighted by Gasteiger charge is -2.38. The fourth-order valence-electron chi connectivity index (χ4n) is 3.35. The van der Waals surface area contributed by atoms with Gasteiger partial charge in [0.05, 0.1) is 24.9 Å². The fourth-order valence-corrected chi connectivity index (χ4v) is 3.70. The van der Waals surface area contributed by atoms with Gasteiger partial charge in [-0.1, -0.05) is 18.9 Å². The van der Waals surface area contributed by atoms with E-state index in [1.54, 1.807) is 0 Å². The average molecular weight is 358 g/mol. The molecule has 1 aliphatic carbocycles. The Labute approximate surface area is 139 Å². The van der Waals surface area contributed by atoms with E-state index in [0.29, 0.717) is 6.42 Å². The maximum Gasteiger partial charge on any atom is 0.198 e. The van der Waals surface area contributed by atoms with Gasteiger partial charge in [-0.2, -0.15) is 0 Å². The Morgan fingerprint density at radius 1 is 1.26 bits per heavy atom. The molecule has 6 unspecified atom stereocenters. The van der Waals surface area contributed by atoms with Crippen molar-refractivity contribution < 1.29 is 44.3 Å². The first-order chi connectivity index (χ1) is 10.8. The molecule has 0 aromatic carbocycles. The quantitative estimate of drug-likeness (QED) is 0.130. The molecule has 9 nitrogen and oxygen atoms in total. The minimum absolute atomic E-state index is 0.194. The van der Waals surface area contributed by atoms with E-state index in [-0.39, 0.29) is 31.3 Å². The van der Waals surface area contributed by atoms with Crippen LogP contribution in [-0.4, -0.2) is 68.4 Å². The predicted octanol–water partition coefficient (Wildman–Crippen LogP) is -0.524. The van der Waals surface area contributed by atoms with Crippen molar-refractivity contribution >= 4 is 12.3 Å². The zero-order valence-electron chi connectivity index (χ0n) is 13.1. The Bertz CT molecular complexity index is 343. The molecule has 1 rings (SSSR count). The van der Waals surface area contributed by atoms with Gasteiger partial charge in [0.1, 0.15) is 6.10 Å². The van der Waals surface area contributed by atoms with Crippen molar-refractivity contribution in [2.24, 2.45) is 17.3 Å². The Morgan fingerprint density at radius 2 is 1.91 bits per heavy atom. The van der Waals surface area contributed by atoms with Gasteiger partial charge in [0.25, 0.3) is 0 Å². The summed E-state index contributed by atoms with van der Waals surface area (Å²) in [5, 5.41) is 60.1. The monoisotopic (exact) mass is 358 g/mol. The molecule has 0 saturated heterocycles. The highest BCUT2D eigenvalue weighted by Gasteiger charge is 2.48. The van der Waals surface area contributed by atoms with Crippen LogP contribution in [0.2, 0.25) is 0 Å². The molecule has 138 valence electrons. The Kier molecular flexibility index (Phi) is 8.66. The third-order valence-electron chi connectivity index (χ3n) is 4.63. The standard InChI is InChI=1S/C13H26O9S/c1-13(2,8-3-9(16)12(18)7(8)5-14)4-10(17)11(6-15)20-23-22-21-19/h7-12,14-19H,3-6H2,1-2H3. The van der Waals surface area contributed by atoms with E-state index in [9.17, 15) is 25.5 Å². The predicted molar refractivity (Wildman–Crippen MR) is 79.4 cm³/mol. The van der Waals surface area contributed by atoms with Crippen LogP contribution in [0.3, 0.4) is 0 Å². The normalized spacial score (nSPS) is 31.3. The Balaban J connectivity index is 2.68. The molecule has 1 fully saturated rings. The number of rotatable bonds is 10. The summed E-state index contributed by atoms with van der Waals surface area (Å²) >= 11 is 0.266. The molecule has 1 aliphatic rings. The highest BCUT2D eigenvalue weighted by atomic mass is 32.2. The second kappa shape index (κ2) is 9.47. The van der Waals surface area contributed by atoms with Crippen LogP contribution in [0.25, 0.3) is 0 Å². The summed E-state index contributed by atoms with van der Waals surface area (Å²) in [6.07, 6.45) is -3.47. The summed E-state index contributed by atoms with van der Waals surface area (Å²) in [7, 11) is 0. The Hall–Kier alpha value is -0.0100. The summed E-state index contributed by atoms with van der Waals surface area (Å²) in [5.74, 6) is -0.697. The molecule has 0 spiro atoms. The van der Waals surface area contributed by atoms with Gasteiger partial charge in [-0.15, -0.1) is 4.33 Å². The zero-order valence-corrected chi connectivity index (χ0v) is 13.9. The van der Waals surface area contributed by atoms with E-state index in [1.165, 1.54) is 0 Å². The first kappa shape index (κ1) is 21.0. The lowest BCUT2D eigenvalue weighted by Crippen LogP contribution is -2.40. The summed E-state index contributed by atoms with van der Waals surface area (Å²) in [6, 6.07) is 0. The first-order valence-electron chi connectivity index (χ1n) is 7.34. The maximum atomic E-state index is 10.3. The highest BCUT2D eigenvalue weighted by Crippen LogP contribution is 2.46. The molecule has 0 amide bonds. The SMILES string of the molecule is CC(C)(CC(O)C(CO)OSOOO)C1CC(O)C(O)C1CO. The van der Waals surface area contributed by atoms with Crippen molar-refractivity contribution in [3.05, 3.63) is 0 Å². The van der Waals surface area contributed by atoms with Crippen molar-refractivity contribution in [2.45, 2.75) is 51.1 Å². The highest BCUT2D eigenvalue weighted by molar-refractivity contribution is 7.89. The number of aliphatic hydroxyl groups is 5. The zero-order chi connectivity index (χ0) is 17.6. The third kappa shape index (κ3) is 5.49. The second-order valence-corrected chi connectivity index (χ2v) is 7.00. The van der Waals surface area contributed by atoms with Crippen molar-refractivity contribution in [2.75, 3.05) is 13.2 Å². The molecule has 10 heteroatoms. The molecule has 23 heavy (non-hydrogen) atoms. The summed E-state index contributed by atoms with van der Waals surface area (Å²) in [5.41, 5.74) is -0.541.